The quantitative estimate of drug-likeness (QED) is 0.863. The number of nitriles is 1. The van der Waals surface area contributed by atoms with E-state index in [9.17, 15) is 0 Å². The predicted octanol–water partition coefficient (Wildman–Crippen LogP) is 3.58. The molecule has 0 aromatic heterocycles. The van der Waals surface area contributed by atoms with Gasteiger partial charge in [-0.3, -0.25) is 0 Å². The molecule has 3 nitrogen and oxygen atoms in total. The lowest BCUT2D eigenvalue weighted by Gasteiger charge is -2.17. The zero-order chi connectivity index (χ0) is 13.7. The number of nitrogens with one attached hydrogen (secondary N) is 1. The third kappa shape index (κ3) is 2.95. The van der Waals surface area contributed by atoms with Crippen molar-refractivity contribution in [2.24, 2.45) is 5.92 Å². The minimum Gasteiger partial charge on any atom is -0.496 e. The molecule has 1 aromatic carbocycles. The van der Waals surface area contributed by atoms with Crippen LogP contribution in [0.4, 0.5) is 5.69 Å². The zero-order valence-electron chi connectivity index (χ0n) is 11.9. The van der Waals surface area contributed by atoms with Crippen molar-refractivity contribution in [1.29, 1.82) is 5.26 Å². The highest BCUT2D eigenvalue weighted by atomic mass is 16.5. The minimum atomic E-state index is 0.0621. The summed E-state index contributed by atoms with van der Waals surface area (Å²) in [6.45, 7) is 8.91. The topological polar surface area (TPSA) is 45.0 Å². The molecule has 1 unspecified atom stereocenters. The molecule has 3 heteroatoms. The first-order valence-electron chi connectivity index (χ1n) is 6.33. The first kappa shape index (κ1) is 14.4. The van der Waals surface area contributed by atoms with Crippen LogP contribution in [0.15, 0.2) is 6.07 Å². The molecule has 98 valence electrons. The summed E-state index contributed by atoms with van der Waals surface area (Å²) in [5, 5.41) is 12.3. The average molecular weight is 246 g/mol. The maximum atomic E-state index is 8.95. The monoisotopic (exact) mass is 246 g/mol. The summed E-state index contributed by atoms with van der Waals surface area (Å²) in [5.41, 5.74) is 4.56. The summed E-state index contributed by atoms with van der Waals surface area (Å²) in [7, 11) is 1.70. The molecule has 0 radical (unpaired) electrons. The van der Waals surface area contributed by atoms with Crippen LogP contribution >= 0.6 is 0 Å². The van der Waals surface area contributed by atoms with Gasteiger partial charge < -0.3 is 10.1 Å². The van der Waals surface area contributed by atoms with Gasteiger partial charge in [0.1, 0.15) is 5.75 Å². The highest BCUT2D eigenvalue weighted by Gasteiger charge is 2.11. The number of anilines is 1. The van der Waals surface area contributed by atoms with E-state index in [0.717, 1.165) is 29.0 Å². The van der Waals surface area contributed by atoms with E-state index >= 15 is 0 Å². The van der Waals surface area contributed by atoms with Gasteiger partial charge in [-0.05, 0) is 49.9 Å². The van der Waals surface area contributed by atoms with Crippen LogP contribution in [0.5, 0.6) is 5.75 Å². The highest BCUT2D eigenvalue weighted by molar-refractivity contribution is 5.61. The average Bonchev–Trinajstić information content (AvgIpc) is 2.37. The van der Waals surface area contributed by atoms with E-state index in [1.807, 2.05) is 13.8 Å². The van der Waals surface area contributed by atoms with Crippen molar-refractivity contribution in [3.05, 3.63) is 22.8 Å². The van der Waals surface area contributed by atoms with Crippen LogP contribution in [0.1, 0.15) is 30.0 Å². The van der Waals surface area contributed by atoms with E-state index in [2.05, 4.69) is 31.3 Å². The second kappa shape index (κ2) is 6.30. The SMILES string of the molecule is CCC(C#N)CNc1cc(C)c(OC)c(C)c1C. The van der Waals surface area contributed by atoms with Crippen molar-refractivity contribution in [2.75, 3.05) is 19.0 Å². The van der Waals surface area contributed by atoms with Gasteiger partial charge in [-0.25, -0.2) is 0 Å². The van der Waals surface area contributed by atoms with Gasteiger partial charge in [-0.1, -0.05) is 6.92 Å². The van der Waals surface area contributed by atoms with Crippen LogP contribution in [0.25, 0.3) is 0 Å². The maximum Gasteiger partial charge on any atom is 0.125 e. The van der Waals surface area contributed by atoms with Gasteiger partial charge in [0, 0.05) is 12.2 Å². The Kier molecular flexibility index (Phi) is 5.03. The lowest BCUT2D eigenvalue weighted by Crippen LogP contribution is -2.13. The van der Waals surface area contributed by atoms with E-state index in [-0.39, 0.29) is 5.92 Å². The standard InChI is InChI=1S/C15H22N2O/c1-6-13(8-16)9-17-14-7-10(2)15(18-5)12(4)11(14)3/h7,13,17H,6,9H2,1-5H3. The summed E-state index contributed by atoms with van der Waals surface area (Å²) in [6.07, 6.45) is 0.872. The molecule has 0 amide bonds. The van der Waals surface area contributed by atoms with Crippen molar-refractivity contribution >= 4 is 5.69 Å². The molecule has 0 saturated heterocycles. The predicted molar refractivity (Wildman–Crippen MR) is 75.1 cm³/mol. The molecule has 0 aliphatic carbocycles. The molecule has 1 atom stereocenters. The van der Waals surface area contributed by atoms with E-state index in [1.165, 1.54) is 5.56 Å². The molecule has 0 heterocycles. The van der Waals surface area contributed by atoms with E-state index < -0.39 is 0 Å². The molecule has 1 rings (SSSR count). The molecule has 1 N–H and O–H groups in total. The fourth-order valence-electron chi connectivity index (χ4n) is 2.07. The second-order valence-electron chi connectivity index (χ2n) is 4.64. The lowest BCUT2D eigenvalue weighted by atomic mass is 10.0. The minimum absolute atomic E-state index is 0.0621. The summed E-state index contributed by atoms with van der Waals surface area (Å²) in [6, 6.07) is 4.39. The molecule has 0 spiro atoms. The van der Waals surface area contributed by atoms with Crippen LogP contribution in [0.2, 0.25) is 0 Å². The third-order valence-electron chi connectivity index (χ3n) is 3.44. The van der Waals surface area contributed by atoms with Crippen LogP contribution in [0.3, 0.4) is 0 Å². The van der Waals surface area contributed by atoms with E-state index in [0.29, 0.717) is 6.54 Å². The third-order valence-corrected chi connectivity index (χ3v) is 3.44. The molecule has 0 saturated carbocycles. The van der Waals surface area contributed by atoms with Gasteiger partial charge in [0.2, 0.25) is 0 Å². The number of ether oxygens (including phenoxy) is 1. The van der Waals surface area contributed by atoms with E-state index in [4.69, 9.17) is 10.00 Å². The Hall–Kier alpha value is -1.69. The molecule has 0 aliphatic heterocycles. The highest BCUT2D eigenvalue weighted by Crippen LogP contribution is 2.31. The largest absolute Gasteiger partial charge is 0.496 e. The summed E-state index contributed by atoms with van der Waals surface area (Å²) in [5.74, 6) is 1.01. The Labute approximate surface area is 110 Å². The maximum absolute atomic E-state index is 8.95. The van der Waals surface area contributed by atoms with Crippen LogP contribution < -0.4 is 10.1 Å². The Morgan fingerprint density at radius 3 is 2.50 bits per heavy atom. The van der Waals surface area contributed by atoms with Gasteiger partial charge in [-0.2, -0.15) is 5.26 Å². The number of benzene rings is 1. The fourth-order valence-corrected chi connectivity index (χ4v) is 2.07. The van der Waals surface area contributed by atoms with Crippen molar-refractivity contribution in [1.82, 2.24) is 0 Å². The van der Waals surface area contributed by atoms with Crippen LogP contribution in [-0.2, 0) is 0 Å². The molecule has 18 heavy (non-hydrogen) atoms. The first-order valence-corrected chi connectivity index (χ1v) is 6.33. The number of aryl methyl sites for hydroxylation is 1. The number of hydrogen-bond donors (Lipinski definition) is 1. The van der Waals surface area contributed by atoms with Crippen molar-refractivity contribution < 1.29 is 4.74 Å². The van der Waals surface area contributed by atoms with Crippen molar-refractivity contribution in [3.8, 4) is 11.8 Å². The van der Waals surface area contributed by atoms with E-state index in [1.54, 1.807) is 7.11 Å². The van der Waals surface area contributed by atoms with Gasteiger partial charge in [0.05, 0.1) is 19.1 Å². The Bertz CT molecular complexity index is 461. The Morgan fingerprint density at radius 2 is 2.00 bits per heavy atom. The van der Waals surface area contributed by atoms with Gasteiger partial charge in [0.25, 0.3) is 0 Å². The van der Waals surface area contributed by atoms with Crippen LogP contribution in [-0.4, -0.2) is 13.7 Å². The molecule has 0 bridgehead atoms. The van der Waals surface area contributed by atoms with Crippen molar-refractivity contribution in [2.45, 2.75) is 34.1 Å². The second-order valence-corrected chi connectivity index (χ2v) is 4.64. The van der Waals surface area contributed by atoms with Gasteiger partial charge >= 0.3 is 0 Å². The molecule has 1 aromatic rings. The molecule has 0 fully saturated rings. The number of hydrogen-bond acceptors (Lipinski definition) is 3. The molecular weight excluding hydrogens is 224 g/mol. The Balaban J connectivity index is 2.95. The summed E-state index contributed by atoms with van der Waals surface area (Å²) < 4.78 is 5.40. The number of rotatable bonds is 5. The smallest absolute Gasteiger partial charge is 0.125 e. The molecule has 0 aliphatic rings. The fraction of sp³-hybridized carbons (Fsp3) is 0.533. The van der Waals surface area contributed by atoms with Crippen molar-refractivity contribution in [3.63, 3.8) is 0 Å². The normalized spacial score (nSPS) is 11.8. The van der Waals surface area contributed by atoms with Gasteiger partial charge in [0.15, 0.2) is 0 Å². The zero-order valence-corrected chi connectivity index (χ0v) is 11.9. The lowest BCUT2D eigenvalue weighted by molar-refractivity contribution is 0.408. The van der Waals surface area contributed by atoms with Gasteiger partial charge in [-0.15, -0.1) is 0 Å². The molecular formula is C15H22N2O. The number of methoxy groups -OCH3 is 1. The van der Waals surface area contributed by atoms with Crippen LogP contribution in [0, 0.1) is 38.0 Å². The number of nitrogens with zero attached hydrogens (tertiary/aromatic N) is 1. The summed E-state index contributed by atoms with van der Waals surface area (Å²) >= 11 is 0. The first-order chi connectivity index (χ1) is 8.54. The Morgan fingerprint density at radius 1 is 1.33 bits per heavy atom. The summed E-state index contributed by atoms with van der Waals surface area (Å²) in [4.78, 5) is 0.